The van der Waals surface area contributed by atoms with Gasteiger partial charge in [0, 0.05) is 29.1 Å². The van der Waals surface area contributed by atoms with Gasteiger partial charge in [-0.1, -0.05) is 0 Å². The first kappa shape index (κ1) is 15.0. The van der Waals surface area contributed by atoms with E-state index in [0.717, 1.165) is 5.56 Å². The van der Waals surface area contributed by atoms with Crippen molar-refractivity contribution in [3.63, 3.8) is 0 Å². The number of benzene rings is 1. The molecule has 7 heteroatoms. The van der Waals surface area contributed by atoms with Crippen LogP contribution >= 0.6 is 15.9 Å². The minimum atomic E-state index is -3.60. The maximum absolute atomic E-state index is 12.3. The standard InChI is InChI=1S/C13H14BrN3O2S/c1-9-6-11(14)12(15)7-13(9)20(18,19)17-8-10-2-4-16-5-3-10/h2-7,17H,8,15H2,1H3. The van der Waals surface area contributed by atoms with Gasteiger partial charge in [-0.25, -0.2) is 13.1 Å². The summed E-state index contributed by atoms with van der Waals surface area (Å²) in [5, 5.41) is 0. The number of halogens is 1. The van der Waals surface area contributed by atoms with E-state index in [9.17, 15) is 8.42 Å². The van der Waals surface area contributed by atoms with Crippen molar-refractivity contribution in [2.45, 2.75) is 18.4 Å². The van der Waals surface area contributed by atoms with Crippen LogP contribution < -0.4 is 10.5 Å². The summed E-state index contributed by atoms with van der Waals surface area (Å²) in [6, 6.07) is 6.65. The topological polar surface area (TPSA) is 85.1 Å². The van der Waals surface area contributed by atoms with Crippen molar-refractivity contribution in [2.75, 3.05) is 5.73 Å². The fourth-order valence-corrected chi connectivity index (χ4v) is 3.45. The number of aryl methyl sites for hydroxylation is 1. The second-order valence-electron chi connectivity index (χ2n) is 4.32. The zero-order chi connectivity index (χ0) is 14.8. The number of hydrogen-bond acceptors (Lipinski definition) is 4. The van der Waals surface area contributed by atoms with Gasteiger partial charge in [0.1, 0.15) is 0 Å². The van der Waals surface area contributed by atoms with Crippen molar-refractivity contribution in [1.29, 1.82) is 0 Å². The molecule has 0 aliphatic rings. The highest BCUT2D eigenvalue weighted by atomic mass is 79.9. The number of pyridine rings is 1. The number of anilines is 1. The molecule has 2 aromatic rings. The number of rotatable bonds is 4. The van der Waals surface area contributed by atoms with E-state index in [1.165, 1.54) is 6.07 Å². The predicted octanol–water partition coefficient (Wildman–Crippen LogP) is 2.21. The first-order valence-corrected chi connectivity index (χ1v) is 8.12. The molecule has 20 heavy (non-hydrogen) atoms. The molecule has 0 aliphatic carbocycles. The van der Waals surface area contributed by atoms with Gasteiger partial charge >= 0.3 is 0 Å². The molecule has 1 heterocycles. The van der Waals surface area contributed by atoms with E-state index in [0.29, 0.717) is 15.7 Å². The Morgan fingerprint density at radius 1 is 1.30 bits per heavy atom. The third-order valence-electron chi connectivity index (χ3n) is 2.80. The Kier molecular flexibility index (Phi) is 4.42. The van der Waals surface area contributed by atoms with Crippen molar-refractivity contribution in [2.24, 2.45) is 0 Å². The SMILES string of the molecule is Cc1cc(Br)c(N)cc1S(=O)(=O)NCc1ccncc1. The largest absolute Gasteiger partial charge is 0.398 e. The molecule has 0 saturated heterocycles. The number of nitrogens with two attached hydrogens (primary N) is 1. The average Bonchev–Trinajstić information content (AvgIpc) is 2.42. The summed E-state index contributed by atoms with van der Waals surface area (Å²) in [6.45, 7) is 1.94. The number of aromatic nitrogens is 1. The minimum absolute atomic E-state index is 0.187. The van der Waals surface area contributed by atoms with Gasteiger partial charge in [0.25, 0.3) is 0 Å². The summed E-state index contributed by atoms with van der Waals surface area (Å²) in [5.74, 6) is 0. The monoisotopic (exact) mass is 355 g/mol. The van der Waals surface area contributed by atoms with Gasteiger partial charge in [-0.05, 0) is 58.2 Å². The van der Waals surface area contributed by atoms with E-state index in [2.05, 4.69) is 25.6 Å². The zero-order valence-corrected chi connectivity index (χ0v) is 13.2. The van der Waals surface area contributed by atoms with E-state index < -0.39 is 10.0 Å². The lowest BCUT2D eigenvalue weighted by Crippen LogP contribution is -2.24. The smallest absolute Gasteiger partial charge is 0.241 e. The first-order valence-electron chi connectivity index (χ1n) is 5.84. The van der Waals surface area contributed by atoms with Crippen LogP contribution in [-0.4, -0.2) is 13.4 Å². The average molecular weight is 356 g/mol. The summed E-state index contributed by atoms with van der Waals surface area (Å²) in [4.78, 5) is 4.07. The zero-order valence-electron chi connectivity index (χ0n) is 10.8. The maximum Gasteiger partial charge on any atom is 0.241 e. The van der Waals surface area contributed by atoms with Crippen molar-refractivity contribution in [3.05, 3.63) is 52.3 Å². The highest BCUT2D eigenvalue weighted by Gasteiger charge is 2.18. The minimum Gasteiger partial charge on any atom is -0.398 e. The molecule has 3 N–H and O–H groups in total. The van der Waals surface area contributed by atoms with Crippen LogP contribution in [0.5, 0.6) is 0 Å². The summed E-state index contributed by atoms with van der Waals surface area (Å²) in [7, 11) is -3.60. The van der Waals surface area contributed by atoms with E-state index in [-0.39, 0.29) is 11.4 Å². The highest BCUT2D eigenvalue weighted by Crippen LogP contribution is 2.26. The van der Waals surface area contributed by atoms with Crippen LogP contribution in [0.25, 0.3) is 0 Å². The molecule has 2 rings (SSSR count). The van der Waals surface area contributed by atoms with Gasteiger partial charge in [-0.2, -0.15) is 0 Å². The normalized spacial score (nSPS) is 11.5. The number of sulfonamides is 1. The van der Waals surface area contributed by atoms with Crippen molar-refractivity contribution < 1.29 is 8.42 Å². The fraction of sp³-hybridized carbons (Fsp3) is 0.154. The lowest BCUT2D eigenvalue weighted by Gasteiger charge is -2.11. The molecule has 0 spiro atoms. The molecule has 0 saturated carbocycles. The lowest BCUT2D eigenvalue weighted by atomic mass is 10.2. The van der Waals surface area contributed by atoms with Crippen LogP contribution in [0.1, 0.15) is 11.1 Å². The Hall–Kier alpha value is -1.44. The van der Waals surface area contributed by atoms with Gasteiger partial charge in [-0.3, -0.25) is 4.98 Å². The third kappa shape index (κ3) is 3.36. The summed E-state index contributed by atoms with van der Waals surface area (Å²) in [5.41, 5.74) is 7.61. The molecule has 5 nitrogen and oxygen atoms in total. The van der Waals surface area contributed by atoms with Crippen LogP contribution in [0, 0.1) is 6.92 Å². The summed E-state index contributed by atoms with van der Waals surface area (Å²) < 4.78 is 27.8. The summed E-state index contributed by atoms with van der Waals surface area (Å²) >= 11 is 3.28. The molecule has 0 fully saturated rings. The van der Waals surface area contributed by atoms with Crippen LogP contribution in [0.2, 0.25) is 0 Å². The third-order valence-corrected chi connectivity index (χ3v) is 5.03. The van der Waals surface area contributed by atoms with Crippen LogP contribution in [0.3, 0.4) is 0 Å². The van der Waals surface area contributed by atoms with Crippen LogP contribution in [0.15, 0.2) is 46.0 Å². The number of nitrogens with one attached hydrogen (secondary N) is 1. The lowest BCUT2D eigenvalue weighted by molar-refractivity contribution is 0.580. The maximum atomic E-state index is 12.3. The van der Waals surface area contributed by atoms with Crippen molar-refractivity contribution >= 4 is 31.6 Å². The molecule has 1 aromatic heterocycles. The predicted molar refractivity (Wildman–Crippen MR) is 81.6 cm³/mol. The molecule has 0 atom stereocenters. The fourth-order valence-electron chi connectivity index (χ4n) is 1.71. The molecule has 1 aromatic carbocycles. The number of hydrogen-bond donors (Lipinski definition) is 2. The van der Waals surface area contributed by atoms with Gasteiger partial charge in [0.2, 0.25) is 10.0 Å². The van der Waals surface area contributed by atoms with E-state index in [4.69, 9.17) is 5.73 Å². The quantitative estimate of drug-likeness (QED) is 0.823. The second-order valence-corrected chi connectivity index (χ2v) is 6.91. The molecule has 0 unspecified atom stereocenters. The number of nitrogen functional groups attached to an aromatic ring is 1. The van der Waals surface area contributed by atoms with E-state index >= 15 is 0 Å². The molecule has 106 valence electrons. The van der Waals surface area contributed by atoms with Gasteiger partial charge < -0.3 is 5.73 Å². The second kappa shape index (κ2) is 5.90. The number of nitrogens with zero attached hydrogens (tertiary/aromatic N) is 1. The van der Waals surface area contributed by atoms with Crippen molar-refractivity contribution in [1.82, 2.24) is 9.71 Å². The van der Waals surface area contributed by atoms with E-state index in [1.54, 1.807) is 37.5 Å². The molecular weight excluding hydrogens is 342 g/mol. The molecule has 0 aliphatic heterocycles. The molecule has 0 amide bonds. The Balaban J connectivity index is 2.25. The van der Waals surface area contributed by atoms with Gasteiger partial charge in [0.05, 0.1) is 4.90 Å². The Morgan fingerprint density at radius 2 is 1.95 bits per heavy atom. The Bertz CT molecular complexity index is 718. The van der Waals surface area contributed by atoms with Gasteiger partial charge in [-0.15, -0.1) is 0 Å². The van der Waals surface area contributed by atoms with Crippen LogP contribution in [-0.2, 0) is 16.6 Å². The Labute approximate surface area is 126 Å². The highest BCUT2D eigenvalue weighted by molar-refractivity contribution is 9.10. The Morgan fingerprint density at radius 3 is 2.60 bits per heavy atom. The first-order chi connectivity index (χ1) is 9.40. The van der Waals surface area contributed by atoms with Crippen LogP contribution in [0.4, 0.5) is 5.69 Å². The summed E-state index contributed by atoms with van der Waals surface area (Å²) in [6.07, 6.45) is 3.24. The van der Waals surface area contributed by atoms with E-state index in [1.807, 2.05) is 0 Å². The van der Waals surface area contributed by atoms with Crippen molar-refractivity contribution in [3.8, 4) is 0 Å². The molecule has 0 bridgehead atoms. The van der Waals surface area contributed by atoms with Gasteiger partial charge in [0.15, 0.2) is 0 Å². The molecule has 0 radical (unpaired) electrons. The molecular formula is C13H14BrN3O2S.